The normalized spacial score (nSPS) is 17.3. The Morgan fingerprint density at radius 3 is 2.47 bits per heavy atom. The maximum atomic E-state index is 11.7. The molecule has 1 aliphatic carbocycles. The van der Waals surface area contributed by atoms with Crippen LogP contribution in [0.15, 0.2) is 5.11 Å². The van der Waals surface area contributed by atoms with Gasteiger partial charge in [-0.3, -0.25) is 9.59 Å². The van der Waals surface area contributed by atoms with Gasteiger partial charge in [0.25, 0.3) is 0 Å². The molecule has 0 aromatic rings. The molecule has 6 nitrogen and oxygen atoms in total. The summed E-state index contributed by atoms with van der Waals surface area (Å²) in [4.78, 5) is 25.6. The first-order chi connectivity index (χ1) is 9.12. The lowest BCUT2D eigenvalue weighted by molar-refractivity contribution is -0.142. The van der Waals surface area contributed by atoms with Crippen LogP contribution >= 0.6 is 0 Å². The minimum Gasteiger partial charge on any atom is -0.469 e. The molecule has 19 heavy (non-hydrogen) atoms. The molecule has 6 heteroatoms. The van der Waals surface area contributed by atoms with Crippen molar-refractivity contribution in [3.05, 3.63) is 10.4 Å². The number of azide groups is 1. The van der Waals surface area contributed by atoms with Crippen LogP contribution in [0.1, 0.15) is 57.8 Å². The van der Waals surface area contributed by atoms with E-state index in [1.165, 1.54) is 13.5 Å². The lowest BCUT2D eigenvalue weighted by Crippen LogP contribution is -2.29. The number of rotatable bonds is 7. The summed E-state index contributed by atoms with van der Waals surface area (Å²) < 4.78 is 4.50. The fraction of sp³-hybridized carbons (Fsp3) is 0.846. The van der Waals surface area contributed by atoms with Crippen molar-refractivity contribution in [3.63, 3.8) is 0 Å². The highest BCUT2D eigenvalue weighted by atomic mass is 16.5. The second-order valence-electron chi connectivity index (χ2n) is 5.09. The van der Waals surface area contributed by atoms with Gasteiger partial charge in [0.05, 0.1) is 13.5 Å². The van der Waals surface area contributed by atoms with Gasteiger partial charge in [0.2, 0.25) is 0 Å². The third-order valence-corrected chi connectivity index (χ3v) is 3.75. The molecule has 1 aliphatic rings. The third-order valence-electron chi connectivity index (χ3n) is 3.75. The van der Waals surface area contributed by atoms with Crippen molar-refractivity contribution in [2.24, 2.45) is 5.11 Å². The Labute approximate surface area is 113 Å². The molecule has 1 saturated carbocycles. The Kier molecular flexibility index (Phi) is 6.36. The van der Waals surface area contributed by atoms with E-state index >= 15 is 0 Å². The number of Topliss-reactive ketones (excluding diaryl/α,β-unsaturated/α-hetero) is 1. The average Bonchev–Trinajstić information content (AvgIpc) is 2.44. The standard InChI is InChI=1S/C13H21N3O3/c1-19-12(18)6-5-11(17)7-10-13(15-16-14)8-3-2-4-9-13/h2-10H2,1H3. The molecule has 0 amide bonds. The molecule has 0 aromatic heterocycles. The van der Waals surface area contributed by atoms with Gasteiger partial charge in [-0.25, -0.2) is 0 Å². The Hall–Kier alpha value is -1.55. The lowest BCUT2D eigenvalue weighted by Gasteiger charge is -2.32. The zero-order valence-corrected chi connectivity index (χ0v) is 11.4. The van der Waals surface area contributed by atoms with Crippen LogP contribution in [-0.4, -0.2) is 24.4 Å². The van der Waals surface area contributed by atoms with Crippen molar-refractivity contribution in [2.45, 2.75) is 63.3 Å². The molecule has 0 aromatic carbocycles. The predicted molar refractivity (Wildman–Crippen MR) is 70.5 cm³/mol. The van der Waals surface area contributed by atoms with E-state index < -0.39 is 0 Å². The highest BCUT2D eigenvalue weighted by Crippen LogP contribution is 2.36. The van der Waals surface area contributed by atoms with E-state index in [1.54, 1.807) is 0 Å². The Morgan fingerprint density at radius 1 is 1.21 bits per heavy atom. The van der Waals surface area contributed by atoms with Crippen molar-refractivity contribution in [1.29, 1.82) is 0 Å². The molecule has 0 radical (unpaired) electrons. The lowest BCUT2D eigenvalue weighted by atomic mass is 9.79. The molecule has 0 N–H and O–H groups in total. The summed E-state index contributed by atoms with van der Waals surface area (Å²) in [6.45, 7) is 0. The van der Waals surface area contributed by atoms with Crippen LogP contribution in [0.4, 0.5) is 0 Å². The first-order valence-corrected chi connectivity index (χ1v) is 6.77. The number of ketones is 1. The number of hydrogen-bond acceptors (Lipinski definition) is 4. The number of methoxy groups -OCH3 is 1. The third kappa shape index (κ3) is 5.30. The summed E-state index contributed by atoms with van der Waals surface area (Å²) in [5.74, 6) is -0.334. The SMILES string of the molecule is COC(=O)CCC(=O)CCC1(N=[N+]=[N-])CCCCC1. The van der Waals surface area contributed by atoms with Crippen molar-refractivity contribution >= 4 is 11.8 Å². The van der Waals surface area contributed by atoms with Gasteiger partial charge in [-0.05, 0) is 24.8 Å². The fourth-order valence-corrected chi connectivity index (χ4v) is 2.55. The molecule has 106 valence electrons. The first-order valence-electron chi connectivity index (χ1n) is 6.77. The summed E-state index contributed by atoms with van der Waals surface area (Å²) >= 11 is 0. The van der Waals surface area contributed by atoms with Crippen LogP contribution in [0, 0.1) is 0 Å². The van der Waals surface area contributed by atoms with E-state index in [4.69, 9.17) is 5.53 Å². The van der Waals surface area contributed by atoms with Gasteiger partial charge < -0.3 is 4.74 Å². The monoisotopic (exact) mass is 267 g/mol. The van der Waals surface area contributed by atoms with E-state index in [1.807, 2.05) is 0 Å². The molecule has 0 atom stereocenters. The van der Waals surface area contributed by atoms with Gasteiger partial charge in [0.15, 0.2) is 0 Å². The summed E-state index contributed by atoms with van der Waals surface area (Å²) in [7, 11) is 1.31. The molecule has 0 bridgehead atoms. The van der Waals surface area contributed by atoms with Crippen LogP contribution in [0.25, 0.3) is 10.4 Å². The summed E-state index contributed by atoms with van der Waals surface area (Å²) in [5, 5.41) is 3.94. The molecule has 0 heterocycles. The van der Waals surface area contributed by atoms with Crippen molar-refractivity contribution in [1.82, 2.24) is 0 Å². The van der Waals surface area contributed by atoms with Crippen LogP contribution in [-0.2, 0) is 14.3 Å². The van der Waals surface area contributed by atoms with Gasteiger partial charge in [-0.1, -0.05) is 24.4 Å². The van der Waals surface area contributed by atoms with E-state index in [9.17, 15) is 9.59 Å². The fourth-order valence-electron chi connectivity index (χ4n) is 2.55. The maximum absolute atomic E-state index is 11.7. The molecular formula is C13H21N3O3. The van der Waals surface area contributed by atoms with E-state index in [-0.39, 0.29) is 30.1 Å². The Bertz CT molecular complexity index is 369. The Morgan fingerprint density at radius 2 is 1.89 bits per heavy atom. The van der Waals surface area contributed by atoms with Crippen molar-refractivity contribution in [2.75, 3.05) is 7.11 Å². The smallest absolute Gasteiger partial charge is 0.305 e. The number of carbonyl (C=O) groups excluding carboxylic acids is 2. The number of esters is 1. The summed E-state index contributed by atoms with van der Waals surface area (Å²) in [5.41, 5.74) is 8.29. The summed E-state index contributed by atoms with van der Waals surface area (Å²) in [6.07, 6.45) is 6.29. The number of ether oxygens (including phenoxy) is 1. The van der Waals surface area contributed by atoms with E-state index in [2.05, 4.69) is 14.8 Å². The molecule has 0 aliphatic heterocycles. The quantitative estimate of drug-likeness (QED) is 0.306. The number of carbonyl (C=O) groups is 2. The van der Waals surface area contributed by atoms with Gasteiger partial charge >= 0.3 is 5.97 Å². The molecule has 0 spiro atoms. The first kappa shape index (κ1) is 15.5. The van der Waals surface area contributed by atoms with Crippen LogP contribution < -0.4 is 0 Å². The Balaban J connectivity index is 2.41. The van der Waals surface area contributed by atoms with Crippen molar-refractivity contribution < 1.29 is 14.3 Å². The topological polar surface area (TPSA) is 92.1 Å². The number of nitrogens with zero attached hydrogens (tertiary/aromatic N) is 3. The molecule has 1 fully saturated rings. The van der Waals surface area contributed by atoms with Crippen molar-refractivity contribution in [3.8, 4) is 0 Å². The van der Waals surface area contributed by atoms with Gasteiger partial charge in [-0.15, -0.1) is 0 Å². The molecule has 0 unspecified atom stereocenters. The number of hydrogen-bond donors (Lipinski definition) is 0. The molecular weight excluding hydrogens is 246 g/mol. The zero-order valence-electron chi connectivity index (χ0n) is 11.4. The second-order valence-corrected chi connectivity index (χ2v) is 5.09. The van der Waals surface area contributed by atoms with Crippen LogP contribution in [0.5, 0.6) is 0 Å². The highest BCUT2D eigenvalue weighted by molar-refractivity contribution is 5.82. The van der Waals surface area contributed by atoms with Gasteiger partial charge in [-0.2, -0.15) is 0 Å². The van der Waals surface area contributed by atoms with Crippen LogP contribution in [0.2, 0.25) is 0 Å². The molecule has 0 saturated heterocycles. The highest BCUT2D eigenvalue weighted by Gasteiger charge is 2.31. The largest absolute Gasteiger partial charge is 0.469 e. The summed E-state index contributed by atoms with van der Waals surface area (Å²) in [6, 6.07) is 0. The minimum atomic E-state index is -0.381. The predicted octanol–water partition coefficient (Wildman–Crippen LogP) is 3.30. The average molecular weight is 267 g/mol. The minimum absolute atomic E-state index is 0.0310. The van der Waals surface area contributed by atoms with E-state index in [0.29, 0.717) is 12.8 Å². The van der Waals surface area contributed by atoms with Gasteiger partial charge in [0.1, 0.15) is 5.78 Å². The van der Waals surface area contributed by atoms with Gasteiger partial charge in [0, 0.05) is 23.3 Å². The van der Waals surface area contributed by atoms with Crippen LogP contribution in [0.3, 0.4) is 0 Å². The van der Waals surface area contributed by atoms with E-state index in [0.717, 1.165) is 25.7 Å². The second kappa shape index (κ2) is 7.79. The molecule has 1 rings (SSSR count). The zero-order chi connectivity index (χ0) is 14.1. The maximum Gasteiger partial charge on any atom is 0.305 e.